The molecule has 8 nitrogen and oxygen atoms in total. The van der Waals surface area contributed by atoms with Gasteiger partial charge in [0.15, 0.2) is 0 Å². The third kappa shape index (κ3) is 7.67. The van der Waals surface area contributed by atoms with E-state index in [0.29, 0.717) is 43.7 Å². The van der Waals surface area contributed by atoms with Gasteiger partial charge in [-0.15, -0.1) is 0 Å². The third-order valence-corrected chi connectivity index (χ3v) is 4.46. The van der Waals surface area contributed by atoms with Crippen molar-refractivity contribution >= 4 is 23.5 Å². The molecule has 8 heteroatoms. The van der Waals surface area contributed by atoms with E-state index in [0.717, 1.165) is 0 Å². The number of hydrogen-bond acceptors (Lipinski definition) is 6. The van der Waals surface area contributed by atoms with E-state index in [-0.39, 0.29) is 30.7 Å². The highest BCUT2D eigenvalue weighted by Gasteiger charge is 2.33. The van der Waals surface area contributed by atoms with Gasteiger partial charge in [0, 0.05) is 13.1 Å². The van der Waals surface area contributed by atoms with Crippen LogP contribution in [0.2, 0.25) is 0 Å². The normalized spacial score (nSPS) is 17.0. The Kier molecular flexibility index (Phi) is 9.11. The molecule has 1 saturated heterocycles. The first-order valence-corrected chi connectivity index (χ1v) is 10.4. The Hall–Kier alpha value is -2.61. The number of nitrogens with zero attached hydrogens (tertiary/aromatic N) is 1. The van der Waals surface area contributed by atoms with Crippen LogP contribution >= 0.6 is 0 Å². The summed E-state index contributed by atoms with van der Waals surface area (Å²) < 4.78 is 11.0. The lowest BCUT2D eigenvalue weighted by molar-refractivity contribution is -0.149. The van der Waals surface area contributed by atoms with Crippen LogP contribution in [0.5, 0.6) is 5.75 Å². The highest BCUT2D eigenvalue weighted by Crippen LogP contribution is 2.24. The SMILES string of the molecule is CC(C)COC(=O)CC1C(=O)NCCN1CC(=O)Nc1ccccc1OCC(C)C. The van der Waals surface area contributed by atoms with E-state index >= 15 is 0 Å². The van der Waals surface area contributed by atoms with E-state index < -0.39 is 12.0 Å². The summed E-state index contributed by atoms with van der Waals surface area (Å²) >= 11 is 0. The van der Waals surface area contributed by atoms with Crippen molar-refractivity contribution in [2.24, 2.45) is 11.8 Å². The summed E-state index contributed by atoms with van der Waals surface area (Å²) in [5.74, 6) is 0.196. The maximum atomic E-state index is 12.7. The number of piperazine rings is 1. The van der Waals surface area contributed by atoms with Crippen LogP contribution in [0.1, 0.15) is 34.1 Å². The van der Waals surface area contributed by atoms with Gasteiger partial charge in [-0.25, -0.2) is 0 Å². The Morgan fingerprint density at radius 1 is 1.17 bits per heavy atom. The van der Waals surface area contributed by atoms with Crippen LogP contribution < -0.4 is 15.4 Å². The molecule has 1 aliphatic rings. The molecular formula is C22H33N3O5. The smallest absolute Gasteiger partial charge is 0.307 e. The molecule has 1 heterocycles. The van der Waals surface area contributed by atoms with Gasteiger partial charge < -0.3 is 20.1 Å². The largest absolute Gasteiger partial charge is 0.491 e. The second-order valence-electron chi connectivity index (χ2n) is 8.31. The third-order valence-electron chi connectivity index (χ3n) is 4.46. The summed E-state index contributed by atoms with van der Waals surface area (Å²) in [6.45, 7) is 9.74. The second-order valence-corrected chi connectivity index (χ2v) is 8.31. The fraction of sp³-hybridized carbons (Fsp3) is 0.591. The van der Waals surface area contributed by atoms with Crippen molar-refractivity contribution in [1.29, 1.82) is 0 Å². The predicted octanol–water partition coefficient (Wildman–Crippen LogP) is 2.05. The molecule has 2 rings (SSSR count). The van der Waals surface area contributed by atoms with Crippen molar-refractivity contribution in [2.45, 2.75) is 40.2 Å². The first-order chi connectivity index (χ1) is 14.3. The second kappa shape index (κ2) is 11.5. The Morgan fingerprint density at radius 2 is 1.87 bits per heavy atom. The number of amides is 2. The number of hydrogen-bond donors (Lipinski definition) is 2. The van der Waals surface area contributed by atoms with Gasteiger partial charge in [0.1, 0.15) is 11.8 Å². The van der Waals surface area contributed by atoms with Crippen molar-refractivity contribution in [3.8, 4) is 5.75 Å². The first-order valence-electron chi connectivity index (χ1n) is 10.4. The zero-order valence-corrected chi connectivity index (χ0v) is 18.3. The predicted molar refractivity (Wildman–Crippen MR) is 114 cm³/mol. The number of benzene rings is 1. The van der Waals surface area contributed by atoms with E-state index in [9.17, 15) is 14.4 Å². The van der Waals surface area contributed by atoms with Gasteiger partial charge >= 0.3 is 5.97 Å². The maximum Gasteiger partial charge on any atom is 0.307 e. The van der Waals surface area contributed by atoms with Crippen molar-refractivity contribution in [3.05, 3.63) is 24.3 Å². The Balaban J connectivity index is 1.98. The van der Waals surface area contributed by atoms with Gasteiger partial charge in [-0.05, 0) is 24.0 Å². The monoisotopic (exact) mass is 419 g/mol. The lowest BCUT2D eigenvalue weighted by Crippen LogP contribution is -2.57. The molecule has 166 valence electrons. The quantitative estimate of drug-likeness (QED) is 0.564. The van der Waals surface area contributed by atoms with E-state index in [1.54, 1.807) is 17.0 Å². The number of carbonyl (C=O) groups excluding carboxylic acids is 3. The molecule has 0 spiro atoms. The summed E-state index contributed by atoms with van der Waals surface area (Å²) in [6.07, 6.45) is -0.0834. The van der Waals surface area contributed by atoms with Crippen LogP contribution in [-0.2, 0) is 19.1 Å². The molecule has 1 aliphatic heterocycles. The number of rotatable bonds is 10. The number of para-hydroxylation sites is 2. The van der Waals surface area contributed by atoms with Crippen LogP contribution in [-0.4, -0.2) is 61.6 Å². The summed E-state index contributed by atoms with van der Waals surface area (Å²) in [6, 6.07) is 6.52. The molecule has 1 fully saturated rings. The van der Waals surface area contributed by atoms with Crippen LogP contribution in [0.4, 0.5) is 5.69 Å². The van der Waals surface area contributed by atoms with Crippen molar-refractivity contribution in [3.63, 3.8) is 0 Å². The zero-order valence-electron chi connectivity index (χ0n) is 18.3. The highest BCUT2D eigenvalue weighted by molar-refractivity contribution is 5.94. The molecule has 0 radical (unpaired) electrons. The average molecular weight is 420 g/mol. The number of carbonyl (C=O) groups is 3. The van der Waals surface area contributed by atoms with Gasteiger partial charge in [0.25, 0.3) is 0 Å². The molecule has 2 amide bonds. The minimum atomic E-state index is -0.725. The molecule has 0 saturated carbocycles. The number of nitrogens with one attached hydrogen (secondary N) is 2. The van der Waals surface area contributed by atoms with Crippen LogP contribution in [0, 0.1) is 11.8 Å². The van der Waals surface area contributed by atoms with Crippen molar-refractivity contribution < 1.29 is 23.9 Å². The van der Waals surface area contributed by atoms with Crippen LogP contribution in [0.25, 0.3) is 0 Å². The van der Waals surface area contributed by atoms with E-state index in [4.69, 9.17) is 9.47 Å². The van der Waals surface area contributed by atoms with Gasteiger partial charge in [0.2, 0.25) is 11.8 Å². The summed E-state index contributed by atoms with van der Waals surface area (Å²) in [4.78, 5) is 38.8. The summed E-state index contributed by atoms with van der Waals surface area (Å²) in [7, 11) is 0. The molecule has 1 atom stereocenters. The average Bonchev–Trinajstić information content (AvgIpc) is 2.68. The molecule has 1 aromatic carbocycles. The Bertz CT molecular complexity index is 735. The lowest BCUT2D eigenvalue weighted by Gasteiger charge is -2.34. The number of anilines is 1. The van der Waals surface area contributed by atoms with Gasteiger partial charge in [-0.3, -0.25) is 19.3 Å². The number of ether oxygens (including phenoxy) is 2. The van der Waals surface area contributed by atoms with E-state index in [2.05, 4.69) is 24.5 Å². The minimum absolute atomic E-state index is 0.00589. The molecule has 0 bridgehead atoms. The minimum Gasteiger partial charge on any atom is -0.491 e. The van der Waals surface area contributed by atoms with E-state index in [1.807, 2.05) is 26.0 Å². The summed E-state index contributed by atoms with van der Waals surface area (Å²) in [5.41, 5.74) is 0.581. The van der Waals surface area contributed by atoms with Crippen molar-refractivity contribution in [2.75, 3.05) is 38.2 Å². The van der Waals surface area contributed by atoms with Gasteiger partial charge in [-0.1, -0.05) is 39.8 Å². The lowest BCUT2D eigenvalue weighted by atomic mass is 10.1. The topological polar surface area (TPSA) is 97.0 Å². The molecule has 0 aromatic heterocycles. The molecule has 1 aromatic rings. The van der Waals surface area contributed by atoms with Gasteiger partial charge in [0.05, 0.1) is 31.9 Å². The maximum absolute atomic E-state index is 12.7. The first kappa shape index (κ1) is 23.7. The number of esters is 1. The fourth-order valence-electron chi connectivity index (χ4n) is 2.98. The Morgan fingerprint density at radius 3 is 2.57 bits per heavy atom. The molecule has 1 unspecified atom stereocenters. The zero-order chi connectivity index (χ0) is 22.1. The van der Waals surface area contributed by atoms with E-state index in [1.165, 1.54) is 0 Å². The van der Waals surface area contributed by atoms with Gasteiger partial charge in [-0.2, -0.15) is 0 Å². The van der Waals surface area contributed by atoms with Crippen LogP contribution in [0.3, 0.4) is 0 Å². The molecule has 0 aliphatic carbocycles. The summed E-state index contributed by atoms with van der Waals surface area (Å²) in [5, 5.41) is 5.61. The standard InChI is InChI=1S/C22H33N3O5/c1-15(2)13-29-19-8-6-5-7-17(19)24-20(26)12-25-10-9-23-22(28)18(25)11-21(27)30-14-16(3)4/h5-8,15-16,18H,9-14H2,1-4H3,(H,23,28)(H,24,26). The highest BCUT2D eigenvalue weighted by atomic mass is 16.5. The fourth-order valence-corrected chi connectivity index (χ4v) is 2.98. The van der Waals surface area contributed by atoms with Crippen molar-refractivity contribution in [1.82, 2.24) is 10.2 Å². The molecular weight excluding hydrogens is 386 g/mol. The van der Waals surface area contributed by atoms with Crippen LogP contribution in [0.15, 0.2) is 24.3 Å². The molecule has 2 N–H and O–H groups in total. The molecule has 30 heavy (non-hydrogen) atoms. The Labute approximate surface area is 178 Å².